The standard InChI is InChI=1S/C8H16N4O/c1-5(2)12(4)6(3)7-8(9)11-13-10-7/h5-6H,1-4H3,(H2,9,11). The van der Waals surface area contributed by atoms with Crippen LogP contribution in [0.3, 0.4) is 0 Å². The minimum atomic E-state index is 0.131. The van der Waals surface area contributed by atoms with Crippen molar-refractivity contribution in [3.63, 3.8) is 0 Å². The Labute approximate surface area is 77.9 Å². The van der Waals surface area contributed by atoms with Crippen molar-refractivity contribution in [2.45, 2.75) is 32.9 Å². The van der Waals surface area contributed by atoms with E-state index in [1.165, 1.54) is 0 Å². The Morgan fingerprint density at radius 3 is 2.31 bits per heavy atom. The van der Waals surface area contributed by atoms with Gasteiger partial charge in [-0.05, 0) is 33.0 Å². The molecule has 0 amide bonds. The van der Waals surface area contributed by atoms with E-state index in [1.54, 1.807) is 0 Å². The highest BCUT2D eigenvalue weighted by molar-refractivity contribution is 5.33. The molecule has 0 radical (unpaired) electrons. The van der Waals surface area contributed by atoms with E-state index in [1.807, 2.05) is 14.0 Å². The van der Waals surface area contributed by atoms with Gasteiger partial charge in [-0.2, -0.15) is 0 Å². The van der Waals surface area contributed by atoms with E-state index >= 15 is 0 Å². The Morgan fingerprint density at radius 2 is 1.92 bits per heavy atom. The van der Waals surface area contributed by atoms with Crippen LogP contribution in [0, 0.1) is 0 Å². The first-order chi connectivity index (χ1) is 6.04. The summed E-state index contributed by atoms with van der Waals surface area (Å²) in [5.74, 6) is 0.375. The summed E-state index contributed by atoms with van der Waals surface area (Å²) in [4.78, 5) is 2.15. The number of hydrogen-bond acceptors (Lipinski definition) is 5. The molecular formula is C8H16N4O. The van der Waals surface area contributed by atoms with Gasteiger partial charge < -0.3 is 5.73 Å². The average Bonchev–Trinajstić information content (AvgIpc) is 2.48. The highest BCUT2D eigenvalue weighted by Gasteiger charge is 2.20. The lowest BCUT2D eigenvalue weighted by Gasteiger charge is -2.26. The quantitative estimate of drug-likeness (QED) is 0.760. The molecule has 0 spiro atoms. The maximum atomic E-state index is 5.59. The summed E-state index contributed by atoms with van der Waals surface area (Å²) in [5.41, 5.74) is 6.29. The third-order valence-corrected chi connectivity index (χ3v) is 2.36. The lowest BCUT2D eigenvalue weighted by Crippen LogP contribution is -2.29. The van der Waals surface area contributed by atoms with Crippen molar-refractivity contribution in [3.8, 4) is 0 Å². The molecule has 1 heterocycles. The van der Waals surface area contributed by atoms with E-state index in [2.05, 4.69) is 33.7 Å². The van der Waals surface area contributed by atoms with Crippen LogP contribution in [0.15, 0.2) is 4.63 Å². The van der Waals surface area contributed by atoms with E-state index in [0.29, 0.717) is 17.6 Å². The van der Waals surface area contributed by atoms with Crippen LogP contribution in [0.5, 0.6) is 0 Å². The fraction of sp³-hybridized carbons (Fsp3) is 0.750. The summed E-state index contributed by atoms with van der Waals surface area (Å²) in [6.07, 6.45) is 0. The number of anilines is 1. The van der Waals surface area contributed by atoms with Crippen LogP contribution >= 0.6 is 0 Å². The second-order valence-corrected chi connectivity index (χ2v) is 3.47. The zero-order chi connectivity index (χ0) is 10.0. The number of nitrogens with zero attached hydrogens (tertiary/aromatic N) is 3. The molecular weight excluding hydrogens is 168 g/mol. The molecule has 0 fully saturated rings. The summed E-state index contributed by atoms with van der Waals surface area (Å²) >= 11 is 0. The first-order valence-corrected chi connectivity index (χ1v) is 4.34. The van der Waals surface area contributed by atoms with Gasteiger partial charge in [-0.25, -0.2) is 4.63 Å². The van der Waals surface area contributed by atoms with Crippen LogP contribution in [-0.2, 0) is 0 Å². The van der Waals surface area contributed by atoms with Crippen LogP contribution in [0.25, 0.3) is 0 Å². The van der Waals surface area contributed by atoms with Crippen molar-refractivity contribution in [3.05, 3.63) is 5.69 Å². The molecule has 2 N–H and O–H groups in total. The molecule has 5 nitrogen and oxygen atoms in total. The van der Waals surface area contributed by atoms with Crippen LogP contribution in [-0.4, -0.2) is 28.3 Å². The third-order valence-electron chi connectivity index (χ3n) is 2.36. The van der Waals surface area contributed by atoms with Crippen LogP contribution in [0.1, 0.15) is 32.5 Å². The van der Waals surface area contributed by atoms with Crippen molar-refractivity contribution in [2.75, 3.05) is 12.8 Å². The highest BCUT2D eigenvalue weighted by Crippen LogP contribution is 2.22. The van der Waals surface area contributed by atoms with Gasteiger partial charge in [-0.15, -0.1) is 0 Å². The molecule has 0 bridgehead atoms. The predicted molar refractivity (Wildman–Crippen MR) is 50.0 cm³/mol. The number of nitrogens with two attached hydrogens (primary N) is 1. The predicted octanol–water partition coefficient (Wildman–Crippen LogP) is 1.05. The molecule has 0 aliphatic rings. The maximum Gasteiger partial charge on any atom is 0.193 e. The zero-order valence-electron chi connectivity index (χ0n) is 8.48. The Morgan fingerprint density at radius 1 is 1.31 bits per heavy atom. The van der Waals surface area contributed by atoms with Gasteiger partial charge in [0.05, 0.1) is 6.04 Å². The van der Waals surface area contributed by atoms with E-state index in [0.717, 1.165) is 0 Å². The Bertz CT molecular complexity index is 271. The summed E-state index contributed by atoms with van der Waals surface area (Å²) < 4.78 is 4.54. The molecule has 13 heavy (non-hydrogen) atoms. The van der Waals surface area contributed by atoms with Crippen LogP contribution in [0.4, 0.5) is 5.82 Å². The molecule has 1 rings (SSSR count). The first-order valence-electron chi connectivity index (χ1n) is 4.34. The molecule has 1 unspecified atom stereocenters. The Balaban J connectivity index is 2.79. The van der Waals surface area contributed by atoms with Crippen molar-refractivity contribution in [2.24, 2.45) is 0 Å². The van der Waals surface area contributed by atoms with Crippen molar-refractivity contribution in [1.29, 1.82) is 0 Å². The molecule has 74 valence electrons. The topological polar surface area (TPSA) is 68.2 Å². The van der Waals surface area contributed by atoms with Crippen molar-refractivity contribution in [1.82, 2.24) is 15.2 Å². The maximum absolute atomic E-state index is 5.59. The van der Waals surface area contributed by atoms with Crippen molar-refractivity contribution < 1.29 is 4.63 Å². The normalized spacial score (nSPS) is 14.0. The summed E-state index contributed by atoms with van der Waals surface area (Å²) in [6.45, 7) is 6.25. The van der Waals surface area contributed by atoms with E-state index in [9.17, 15) is 0 Å². The smallest absolute Gasteiger partial charge is 0.193 e. The van der Waals surface area contributed by atoms with Gasteiger partial charge in [0.25, 0.3) is 0 Å². The number of rotatable bonds is 3. The molecule has 1 atom stereocenters. The number of hydrogen-bond donors (Lipinski definition) is 1. The third kappa shape index (κ3) is 1.98. The molecule has 0 aliphatic heterocycles. The monoisotopic (exact) mass is 184 g/mol. The van der Waals surface area contributed by atoms with Crippen LogP contribution < -0.4 is 5.73 Å². The van der Waals surface area contributed by atoms with E-state index in [4.69, 9.17) is 5.73 Å². The lowest BCUT2D eigenvalue weighted by atomic mass is 10.2. The van der Waals surface area contributed by atoms with Gasteiger partial charge in [0.15, 0.2) is 5.82 Å². The van der Waals surface area contributed by atoms with E-state index in [-0.39, 0.29) is 6.04 Å². The summed E-state index contributed by atoms with van der Waals surface area (Å²) in [6, 6.07) is 0.567. The van der Waals surface area contributed by atoms with Gasteiger partial charge in [0, 0.05) is 6.04 Å². The van der Waals surface area contributed by atoms with Gasteiger partial charge in [-0.1, -0.05) is 5.16 Å². The fourth-order valence-corrected chi connectivity index (χ4v) is 1.13. The van der Waals surface area contributed by atoms with Gasteiger partial charge >= 0.3 is 0 Å². The molecule has 0 aromatic carbocycles. The lowest BCUT2D eigenvalue weighted by molar-refractivity contribution is 0.199. The molecule has 5 heteroatoms. The average molecular weight is 184 g/mol. The van der Waals surface area contributed by atoms with E-state index < -0.39 is 0 Å². The second-order valence-electron chi connectivity index (χ2n) is 3.47. The number of aromatic nitrogens is 2. The summed E-state index contributed by atoms with van der Waals surface area (Å²) in [5, 5.41) is 7.31. The Hall–Kier alpha value is -1.10. The van der Waals surface area contributed by atoms with Gasteiger partial charge in [-0.3, -0.25) is 4.90 Å². The Kier molecular flexibility index (Phi) is 2.87. The zero-order valence-corrected chi connectivity index (χ0v) is 8.48. The largest absolute Gasteiger partial charge is 0.379 e. The van der Waals surface area contributed by atoms with Crippen LogP contribution in [0.2, 0.25) is 0 Å². The highest BCUT2D eigenvalue weighted by atomic mass is 16.6. The molecule has 1 aromatic rings. The van der Waals surface area contributed by atoms with Gasteiger partial charge in [0.2, 0.25) is 0 Å². The molecule has 0 saturated heterocycles. The minimum Gasteiger partial charge on any atom is -0.379 e. The number of nitrogen functional groups attached to an aromatic ring is 1. The van der Waals surface area contributed by atoms with Gasteiger partial charge in [0.1, 0.15) is 5.69 Å². The summed E-state index contributed by atoms with van der Waals surface area (Å²) in [7, 11) is 2.02. The molecule has 0 aliphatic carbocycles. The molecule has 1 aromatic heterocycles. The molecule has 0 saturated carbocycles. The first kappa shape index (κ1) is 9.98. The van der Waals surface area contributed by atoms with Crippen molar-refractivity contribution >= 4 is 5.82 Å². The fourth-order valence-electron chi connectivity index (χ4n) is 1.13. The second kappa shape index (κ2) is 3.74. The SMILES string of the molecule is CC(C)N(C)C(C)c1nonc1N. The minimum absolute atomic E-state index is 0.131.